The fraction of sp³-hybridized carbons (Fsp3) is 0.533. The number of aryl methyl sites for hydroxylation is 1. The van der Waals surface area contributed by atoms with Crippen LogP contribution in [0.25, 0.3) is 11.4 Å². The lowest BCUT2D eigenvalue weighted by Crippen LogP contribution is -2.23. The molecular weight excluding hydrogens is 250 g/mol. The molecule has 2 unspecified atom stereocenters. The molecule has 3 rings (SSSR count). The molecule has 0 radical (unpaired) electrons. The molecule has 1 aliphatic carbocycles. The minimum Gasteiger partial charge on any atom is -0.398 e. The van der Waals surface area contributed by atoms with Crippen LogP contribution in [0.5, 0.6) is 0 Å². The number of nitrogen functional groups attached to an aromatic ring is 1. The zero-order valence-electron chi connectivity index (χ0n) is 12.1. The number of tetrazole rings is 1. The summed E-state index contributed by atoms with van der Waals surface area (Å²) in [6, 6.07) is 6.40. The Morgan fingerprint density at radius 3 is 2.85 bits per heavy atom. The van der Waals surface area contributed by atoms with E-state index in [2.05, 4.69) is 22.4 Å². The molecule has 2 atom stereocenters. The number of hydrogen-bond donors (Lipinski definition) is 1. The van der Waals surface area contributed by atoms with Crippen molar-refractivity contribution >= 4 is 5.69 Å². The number of anilines is 1. The summed E-state index contributed by atoms with van der Waals surface area (Å²) in [7, 11) is 0. The molecule has 0 aliphatic heterocycles. The third-order valence-corrected chi connectivity index (χ3v) is 4.44. The number of aromatic nitrogens is 4. The number of para-hydroxylation sites is 1. The van der Waals surface area contributed by atoms with Crippen LogP contribution in [0.2, 0.25) is 0 Å². The molecule has 1 fully saturated rings. The van der Waals surface area contributed by atoms with Gasteiger partial charge in [-0.3, -0.25) is 0 Å². The smallest absolute Gasteiger partial charge is 0.184 e. The molecule has 0 amide bonds. The summed E-state index contributed by atoms with van der Waals surface area (Å²) in [6.45, 7) is 4.30. The van der Waals surface area contributed by atoms with Gasteiger partial charge < -0.3 is 5.73 Å². The molecule has 5 nitrogen and oxygen atoms in total. The molecule has 1 aromatic heterocycles. The highest BCUT2D eigenvalue weighted by Crippen LogP contribution is 2.36. The van der Waals surface area contributed by atoms with Crippen molar-refractivity contribution in [2.24, 2.45) is 5.92 Å². The Morgan fingerprint density at radius 1 is 1.25 bits per heavy atom. The molecule has 20 heavy (non-hydrogen) atoms. The van der Waals surface area contributed by atoms with Crippen molar-refractivity contribution < 1.29 is 0 Å². The van der Waals surface area contributed by atoms with Crippen LogP contribution >= 0.6 is 0 Å². The zero-order chi connectivity index (χ0) is 14.1. The number of nitrogens with zero attached hydrogens (tertiary/aromatic N) is 4. The molecule has 2 N–H and O–H groups in total. The van der Waals surface area contributed by atoms with E-state index in [9.17, 15) is 0 Å². The maximum atomic E-state index is 6.20. The summed E-state index contributed by atoms with van der Waals surface area (Å²) < 4.78 is 1.98. The van der Waals surface area contributed by atoms with E-state index in [1.54, 1.807) is 0 Å². The molecule has 1 heterocycles. The van der Waals surface area contributed by atoms with E-state index >= 15 is 0 Å². The highest BCUT2D eigenvalue weighted by atomic mass is 15.6. The summed E-state index contributed by atoms with van der Waals surface area (Å²) >= 11 is 0. The first-order valence-corrected chi connectivity index (χ1v) is 7.32. The minimum atomic E-state index is 0.383. The maximum Gasteiger partial charge on any atom is 0.184 e. The lowest BCUT2D eigenvalue weighted by Gasteiger charge is -2.29. The molecule has 1 aromatic carbocycles. The van der Waals surface area contributed by atoms with Gasteiger partial charge in [-0.2, -0.15) is 0 Å². The number of benzene rings is 1. The summed E-state index contributed by atoms with van der Waals surface area (Å²) in [5, 5.41) is 12.3. The van der Waals surface area contributed by atoms with Crippen LogP contribution in [-0.4, -0.2) is 20.2 Å². The van der Waals surface area contributed by atoms with Crippen molar-refractivity contribution in [3.8, 4) is 11.4 Å². The van der Waals surface area contributed by atoms with Gasteiger partial charge in [0, 0.05) is 11.3 Å². The van der Waals surface area contributed by atoms with Gasteiger partial charge in [0.05, 0.1) is 6.04 Å². The Balaban J connectivity index is 2.03. The molecule has 5 heteroatoms. The normalized spacial score (nSPS) is 22.9. The van der Waals surface area contributed by atoms with Crippen molar-refractivity contribution in [3.05, 3.63) is 23.8 Å². The lowest BCUT2D eigenvalue weighted by atomic mass is 9.86. The van der Waals surface area contributed by atoms with Crippen molar-refractivity contribution in [1.82, 2.24) is 20.2 Å². The average Bonchev–Trinajstić information content (AvgIpc) is 2.91. The third kappa shape index (κ3) is 2.17. The van der Waals surface area contributed by atoms with Crippen LogP contribution in [-0.2, 0) is 0 Å². The Kier molecular flexibility index (Phi) is 3.42. The fourth-order valence-corrected chi connectivity index (χ4v) is 3.13. The summed E-state index contributed by atoms with van der Waals surface area (Å²) in [6.07, 6.45) is 4.94. The highest BCUT2D eigenvalue weighted by Gasteiger charge is 2.27. The Hall–Kier alpha value is -1.91. The van der Waals surface area contributed by atoms with Crippen molar-refractivity contribution in [3.63, 3.8) is 0 Å². The van der Waals surface area contributed by atoms with E-state index in [-0.39, 0.29) is 0 Å². The van der Waals surface area contributed by atoms with Gasteiger partial charge in [-0.1, -0.05) is 31.9 Å². The van der Waals surface area contributed by atoms with Gasteiger partial charge >= 0.3 is 0 Å². The standard InChI is InChI=1S/C15H21N5/c1-10-6-3-4-9-13(10)20-15(17-18-19-20)12-8-5-7-11(2)14(12)16/h5,7-8,10,13H,3-4,6,9,16H2,1-2H3. The predicted molar refractivity (Wildman–Crippen MR) is 79.1 cm³/mol. The number of rotatable bonds is 2. The van der Waals surface area contributed by atoms with Gasteiger partial charge in [0.25, 0.3) is 0 Å². The van der Waals surface area contributed by atoms with Crippen LogP contribution in [0.3, 0.4) is 0 Å². The summed E-state index contributed by atoms with van der Waals surface area (Å²) in [5.41, 5.74) is 8.97. The van der Waals surface area contributed by atoms with Gasteiger partial charge in [0.2, 0.25) is 0 Å². The van der Waals surface area contributed by atoms with E-state index in [0.717, 1.165) is 29.1 Å². The van der Waals surface area contributed by atoms with Gasteiger partial charge in [-0.25, -0.2) is 4.68 Å². The Labute approximate surface area is 119 Å². The van der Waals surface area contributed by atoms with Crippen LogP contribution in [0, 0.1) is 12.8 Å². The second-order valence-electron chi connectivity index (χ2n) is 5.81. The van der Waals surface area contributed by atoms with E-state index in [1.165, 1.54) is 19.3 Å². The SMILES string of the molecule is Cc1cccc(-c2nnnn2C2CCCCC2C)c1N. The summed E-state index contributed by atoms with van der Waals surface area (Å²) in [4.78, 5) is 0. The molecule has 2 aromatic rings. The van der Waals surface area contributed by atoms with Gasteiger partial charge in [-0.05, 0) is 47.7 Å². The first kappa shape index (κ1) is 13.1. The van der Waals surface area contributed by atoms with Crippen LogP contribution in [0.4, 0.5) is 5.69 Å². The van der Waals surface area contributed by atoms with Crippen molar-refractivity contribution in [1.29, 1.82) is 0 Å². The van der Waals surface area contributed by atoms with E-state index in [4.69, 9.17) is 5.73 Å². The Bertz CT molecular complexity index is 604. The van der Waals surface area contributed by atoms with E-state index in [1.807, 2.05) is 29.8 Å². The number of nitrogens with two attached hydrogens (primary N) is 1. The van der Waals surface area contributed by atoms with E-state index in [0.29, 0.717) is 12.0 Å². The number of hydrogen-bond acceptors (Lipinski definition) is 4. The first-order chi connectivity index (χ1) is 9.68. The molecular formula is C15H21N5. The predicted octanol–water partition coefficient (Wildman–Crippen LogP) is 2.98. The maximum absolute atomic E-state index is 6.20. The highest BCUT2D eigenvalue weighted by molar-refractivity contribution is 5.74. The minimum absolute atomic E-state index is 0.383. The molecule has 1 saturated carbocycles. The van der Waals surface area contributed by atoms with Crippen molar-refractivity contribution in [2.45, 2.75) is 45.6 Å². The van der Waals surface area contributed by atoms with Gasteiger partial charge in [-0.15, -0.1) is 5.10 Å². The topological polar surface area (TPSA) is 69.6 Å². The van der Waals surface area contributed by atoms with E-state index < -0.39 is 0 Å². The quantitative estimate of drug-likeness (QED) is 0.852. The third-order valence-electron chi connectivity index (χ3n) is 4.44. The lowest BCUT2D eigenvalue weighted by molar-refractivity contribution is 0.239. The first-order valence-electron chi connectivity index (χ1n) is 7.32. The molecule has 106 valence electrons. The van der Waals surface area contributed by atoms with Crippen molar-refractivity contribution in [2.75, 3.05) is 5.73 Å². The monoisotopic (exact) mass is 271 g/mol. The molecule has 0 saturated heterocycles. The second kappa shape index (κ2) is 5.23. The summed E-state index contributed by atoms with van der Waals surface area (Å²) in [5.74, 6) is 1.40. The molecule has 0 spiro atoms. The second-order valence-corrected chi connectivity index (χ2v) is 5.81. The fourth-order valence-electron chi connectivity index (χ4n) is 3.13. The van der Waals surface area contributed by atoms with Crippen LogP contribution < -0.4 is 5.73 Å². The van der Waals surface area contributed by atoms with Gasteiger partial charge in [0.1, 0.15) is 0 Å². The van der Waals surface area contributed by atoms with Gasteiger partial charge in [0.15, 0.2) is 5.82 Å². The molecule has 0 bridgehead atoms. The molecule has 1 aliphatic rings. The zero-order valence-corrected chi connectivity index (χ0v) is 12.1. The largest absolute Gasteiger partial charge is 0.398 e. The average molecular weight is 271 g/mol. The Morgan fingerprint density at radius 2 is 2.05 bits per heavy atom. The van der Waals surface area contributed by atoms with Crippen LogP contribution in [0.15, 0.2) is 18.2 Å². The van der Waals surface area contributed by atoms with Crippen LogP contribution in [0.1, 0.15) is 44.2 Å².